The Labute approximate surface area is 180 Å². The summed E-state index contributed by atoms with van der Waals surface area (Å²) >= 11 is 0. The van der Waals surface area contributed by atoms with E-state index in [2.05, 4.69) is 72.8 Å². The largest absolute Gasteiger partial charge is 0.331 e. The smallest absolute Gasteiger partial charge is 0.127 e. The number of likely N-dealkylation sites (tertiary alicyclic amines) is 1. The molecule has 0 unspecified atom stereocenters. The van der Waals surface area contributed by atoms with Gasteiger partial charge in [0.25, 0.3) is 0 Å². The Morgan fingerprint density at radius 1 is 0.600 bits per heavy atom. The normalized spacial score (nSPS) is 27.2. The molecule has 3 heteroatoms. The van der Waals surface area contributed by atoms with E-state index >= 15 is 0 Å². The van der Waals surface area contributed by atoms with Crippen molar-refractivity contribution in [1.82, 2.24) is 0 Å². The highest BCUT2D eigenvalue weighted by molar-refractivity contribution is 5.85. The molecule has 0 spiro atoms. The average molecular weight is 403 g/mol. The van der Waals surface area contributed by atoms with Gasteiger partial charge in [-0.3, -0.25) is 0 Å². The number of nitrogens with one attached hydrogen (secondary N) is 3. The van der Waals surface area contributed by atoms with E-state index in [9.17, 15) is 0 Å². The molecule has 3 N–H and O–H groups in total. The lowest BCUT2D eigenvalue weighted by molar-refractivity contribution is -1.04. The minimum atomic E-state index is 0.892. The third-order valence-electron chi connectivity index (χ3n) is 7.49. The van der Waals surface area contributed by atoms with Gasteiger partial charge in [-0.2, -0.15) is 0 Å². The van der Waals surface area contributed by atoms with Crippen molar-refractivity contribution in [3.05, 3.63) is 83.9 Å². The van der Waals surface area contributed by atoms with Gasteiger partial charge in [-0.15, -0.1) is 0 Å². The van der Waals surface area contributed by atoms with Crippen LogP contribution >= 0.6 is 0 Å². The van der Waals surface area contributed by atoms with Crippen molar-refractivity contribution in [2.75, 3.05) is 39.3 Å². The first-order chi connectivity index (χ1) is 14.8. The maximum Gasteiger partial charge on any atom is 0.127 e. The Kier molecular flexibility index (Phi) is 6.12. The Balaban J connectivity index is 1.11. The molecule has 30 heavy (non-hydrogen) atoms. The Hall–Kier alpha value is -2.20. The van der Waals surface area contributed by atoms with Crippen molar-refractivity contribution in [3.63, 3.8) is 0 Å². The first-order valence-corrected chi connectivity index (χ1v) is 11.9. The van der Waals surface area contributed by atoms with E-state index in [4.69, 9.17) is 0 Å². The summed E-state index contributed by atoms with van der Waals surface area (Å²) < 4.78 is 0. The molecule has 0 saturated carbocycles. The predicted molar refractivity (Wildman–Crippen MR) is 123 cm³/mol. The predicted octanol–water partition coefficient (Wildman–Crippen LogP) is 0.371. The fourth-order valence-corrected chi connectivity index (χ4v) is 5.72. The summed E-state index contributed by atoms with van der Waals surface area (Å²) in [6.07, 6.45) is 2.80. The zero-order chi connectivity index (χ0) is 20.2. The summed E-state index contributed by atoms with van der Waals surface area (Å²) in [6.45, 7) is 10.4. The fourth-order valence-electron chi connectivity index (χ4n) is 5.72. The van der Waals surface area contributed by atoms with Crippen LogP contribution in [0.3, 0.4) is 0 Å². The van der Waals surface area contributed by atoms with Crippen LogP contribution in [0.5, 0.6) is 0 Å². The summed E-state index contributed by atoms with van der Waals surface area (Å²) in [5, 5.41) is 2.82. The van der Waals surface area contributed by atoms with Crippen LogP contribution < -0.4 is 14.7 Å². The van der Waals surface area contributed by atoms with E-state index in [0.29, 0.717) is 0 Å². The summed E-state index contributed by atoms with van der Waals surface area (Å²) in [7, 11) is 0. The molecule has 2 saturated heterocycles. The van der Waals surface area contributed by atoms with Crippen molar-refractivity contribution in [2.24, 2.45) is 0 Å². The van der Waals surface area contributed by atoms with Gasteiger partial charge in [-0.25, -0.2) is 0 Å². The van der Waals surface area contributed by atoms with Gasteiger partial charge in [0.15, 0.2) is 0 Å². The van der Waals surface area contributed by atoms with Crippen LogP contribution in [0.2, 0.25) is 0 Å². The van der Waals surface area contributed by atoms with Crippen LogP contribution in [0, 0.1) is 0 Å². The van der Waals surface area contributed by atoms with Crippen LogP contribution in [0.25, 0.3) is 10.8 Å². The zero-order valence-corrected chi connectivity index (χ0v) is 18.1. The van der Waals surface area contributed by atoms with E-state index in [1.807, 2.05) is 4.90 Å². The lowest BCUT2D eigenvalue weighted by Crippen LogP contribution is -3.30. The fraction of sp³-hybridized carbons (Fsp3) is 0.407. The zero-order valence-electron chi connectivity index (χ0n) is 18.1. The Morgan fingerprint density at radius 2 is 1.27 bits per heavy atom. The molecule has 3 aromatic rings. The number of hydrogen-bond donors (Lipinski definition) is 3. The molecule has 2 heterocycles. The highest BCUT2D eigenvalue weighted by Crippen LogP contribution is 2.17. The molecule has 0 aliphatic carbocycles. The summed E-state index contributed by atoms with van der Waals surface area (Å²) in [5.41, 5.74) is 3.01. The SMILES string of the molecule is c1ccc(C[NH+]2CCC([NH+]3CC[NH+](Cc4cccc5ccccc45)CC3)CC2)cc1. The van der Waals surface area contributed by atoms with Crippen molar-refractivity contribution < 1.29 is 14.7 Å². The molecule has 2 fully saturated rings. The summed E-state index contributed by atoms with van der Waals surface area (Å²) in [4.78, 5) is 5.43. The first-order valence-electron chi connectivity index (χ1n) is 11.9. The molecule has 5 rings (SSSR count). The third-order valence-corrected chi connectivity index (χ3v) is 7.49. The molecular formula is C27H36N3+3. The van der Waals surface area contributed by atoms with Gasteiger partial charge in [0.2, 0.25) is 0 Å². The molecule has 0 bridgehead atoms. The van der Waals surface area contributed by atoms with E-state index in [1.165, 1.54) is 87.1 Å². The second kappa shape index (κ2) is 9.30. The second-order valence-corrected chi connectivity index (χ2v) is 9.41. The first kappa shape index (κ1) is 19.7. The van der Waals surface area contributed by atoms with Crippen molar-refractivity contribution >= 4 is 10.8 Å². The van der Waals surface area contributed by atoms with Gasteiger partial charge < -0.3 is 14.7 Å². The minimum Gasteiger partial charge on any atom is -0.331 e. The Morgan fingerprint density at radius 3 is 2.07 bits per heavy atom. The number of fused-ring (bicyclic) bond motifs is 1. The Bertz CT molecular complexity index is 933. The van der Waals surface area contributed by atoms with Crippen LogP contribution in [0.1, 0.15) is 24.0 Å². The van der Waals surface area contributed by atoms with E-state index in [-0.39, 0.29) is 0 Å². The van der Waals surface area contributed by atoms with Crippen LogP contribution in [0.4, 0.5) is 0 Å². The van der Waals surface area contributed by atoms with Crippen LogP contribution in [-0.2, 0) is 13.1 Å². The summed E-state index contributed by atoms with van der Waals surface area (Å²) in [6, 6.07) is 27.6. The number of piperazine rings is 1. The lowest BCUT2D eigenvalue weighted by atomic mass is 10.0. The van der Waals surface area contributed by atoms with E-state index in [1.54, 1.807) is 9.80 Å². The van der Waals surface area contributed by atoms with E-state index in [0.717, 1.165) is 6.04 Å². The number of hydrogen-bond acceptors (Lipinski definition) is 0. The van der Waals surface area contributed by atoms with Crippen molar-refractivity contribution in [1.29, 1.82) is 0 Å². The minimum absolute atomic E-state index is 0.892. The van der Waals surface area contributed by atoms with Gasteiger partial charge in [-0.05, 0) is 10.8 Å². The molecule has 0 radical (unpaired) electrons. The molecular weight excluding hydrogens is 366 g/mol. The highest BCUT2D eigenvalue weighted by atomic mass is 15.3. The molecule has 3 aromatic carbocycles. The van der Waals surface area contributed by atoms with Gasteiger partial charge in [0.1, 0.15) is 39.3 Å². The summed E-state index contributed by atoms with van der Waals surface area (Å²) in [5.74, 6) is 0. The van der Waals surface area contributed by atoms with Crippen LogP contribution in [-0.4, -0.2) is 45.3 Å². The number of quaternary nitrogens is 3. The van der Waals surface area contributed by atoms with Crippen molar-refractivity contribution in [2.45, 2.75) is 32.0 Å². The molecule has 3 nitrogen and oxygen atoms in total. The molecule has 2 aliphatic rings. The van der Waals surface area contributed by atoms with E-state index < -0.39 is 0 Å². The number of piperidine rings is 1. The van der Waals surface area contributed by atoms with Gasteiger partial charge in [0.05, 0.1) is 19.1 Å². The van der Waals surface area contributed by atoms with Gasteiger partial charge in [-0.1, -0.05) is 72.8 Å². The number of rotatable bonds is 5. The standard InChI is InChI=1S/C27H33N3/c1-2-7-23(8-3-1)21-28-15-13-26(14-16-28)30-19-17-29(18-20-30)22-25-11-6-10-24-9-4-5-12-27(24)25/h1-12,26H,13-22H2/p+3. The quantitative estimate of drug-likeness (QED) is 0.546. The third kappa shape index (κ3) is 4.59. The van der Waals surface area contributed by atoms with Gasteiger partial charge >= 0.3 is 0 Å². The highest BCUT2D eigenvalue weighted by Gasteiger charge is 2.33. The molecule has 156 valence electrons. The molecule has 0 aromatic heterocycles. The topological polar surface area (TPSA) is 13.3 Å². The molecule has 0 amide bonds. The average Bonchev–Trinajstić information content (AvgIpc) is 2.81. The second-order valence-electron chi connectivity index (χ2n) is 9.41. The monoisotopic (exact) mass is 402 g/mol. The van der Waals surface area contributed by atoms with Gasteiger partial charge in [0, 0.05) is 24.0 Å². The number of benzene rings is 3. The maximum absolute atomic E-state index is 2.33. The maximum atomic E-state index is 2.33. The molecule has 2 aliphatic heterocycles. The van der Waals surface area contributed by atoms with Crippen LogP contribution in [0.15, 0.2) is 72.8 Å². The van der Waals surface area contributed by atoms with Crippen molar-refractivity contribution in [3.8, 4) is 0 Å². The lowest BCUT2D eigenvalue weighted by Gasteiger charge is -2.37. The molecule has 0 atom stereocenters.